The predicted molar refractivity (Wildman–Crippen MR) is 32.9 cm³/mol. The third kappa shape index (κ3) is 2.51. The highest BCUT2D eigenvalue weighted by atomic mass is 15.5. The molecule has 0 heterocycles. The van der Waals surface area contributed by atoms with E-state index in [0.29, 0.717) is 0 Å². The summed E-state index contributed by atoms with van der Waals surface area (Å²) in [5, 5.41) is 6.14. The summed E-state index contributed by atoms with van der Waals surface area (Å²) in [6.45, 7) is 3.20. The van der Waals surface area contributed by atoms with Gasteiger partial charge in [0.15, 0.2) is 6.29 Å². The molecule has 0 rings (SSSR count). The molecule has 0 spiro atoms. The molecule has 0 aliphatic heterocycles. The number of rotatable bonds is 4. The van der Waals surface area contributed by atoms with E-state index < -0.39 is 0 Å². The fourth-order valence-electron chi connectivity index (χ4n) is 0.276. The lowest BCUT2D eigenvalue weighted by atomic mass is 10.9. The summed E-state index contributed by atoms with van der Waals surface area (Å²) in [6, 6.07) is 0. The Morgan fingerprint density at radius 1 is 1.75 bits per heavy atom. The highest BCUT2D eigenvalue weighted by Crippen LogP contribution is 1.60. The zero-order valence-corrected chi connectivity index (χ0v) is 4.81. The summed E-state index contributed by atoms with van der Waals surface area (Å²) in [5.41, 5.74) is 4.95. The minimum absolute atomic E-state index is 0.201. The van der Waals surface area contributed by atoms with E-state index in [9.17, 15) is 0 Å². The molecular weight excluding hydrogens is 106 g/mol. The van der Waals surface area contributed by atoms with Gasteiger partial charge >= 0.3 is 0 Å². The van der Waals surface area contributed by atoms with Crippen LogP contribution in [-0.4, -0.2) is 20.1 Å². The van der Waals surface area contributed by atoms with E-state index in [1.54, 1.807) is 7.05 Å². The van der Waals surface area contributed by atoms with Crippen molar-refractivity contribution in [3.8, 4) is 0 Å². The van der Waals surface area contributed by atoms with E-state index in [4.69, 9.17) is 5.84 Å². The molecule has 0 saturated heterocycles. The summed E-state index contributed by atoms with van der Waals surface area (Å²) >= 11 is 0. The Kier molecular flexibility index (Phi) is 4.14. The monoisotopic (exact) mass is 117 g/mol. The average molecular weight is 117 g/mol. The van der Waals surface area contributed by atoms with Crippen LogP contribution >= 0.6 is 0 Å². The van der Waals surface area contributed by atoms with Gasteiger partial charge < -0.3 is 0 Å². The van der Waals surface area contributed by atoms with E-state index in [2.05, 4.69) is 28.0 Å². The van der Waals surface area contributed by atoms with Gasteiger partial charge in [0.1, 0.15) is 0 Å². The molecule has 5 heteroatoms. The number of nitrogens with zero attached hydrogens (tertiary/aromatic N) is 1. The second-order valence-corrected chi connectivity index (χ2v) is 1.18. The second kappa shape index (κ2) is 4.51. The summed E-state index contributed by atoms with van der Waals surface area (Å²) in [7, 11) is 1.74. The molecule has 0 aromatic rings. The van der Waals surface area contributed by atoms with Crippen LogP contribution in [-0.2, 0) is 0 Å². The van der Waals surface area contributed by atoms with Crippen LogP contribution in [0.15, 0.2) is 5.10 Å². The summed E-state index contributed by atoms with van der Waals surface area (Å²) in [5.74, 6) is 5.01. The molecule has 5 N–H and O–H groups in total. The predicted octanol–water partition coefficient (Wildman–Crippen LogP) is -1.84. The minimum Gasteiger partial charge on any atom is -0.286 e. The van der Waals surface area contributed by atoms with Gasteiger partial charge in [-0.25, -0.2) is 5.43 Å². The van der Waals surface area contributed by atoms with E-state index >= 15 is 0 Å². The number of hydrogen-bond donors (Lipinski definition) is 4. The molecule has 0 fully saturated rings. The van der Waals surface area contributed by atoms with E-state index in [0.717, 1.165) is 0 Å². The number of hydrazone groups is 1. The molecule has 0 bridgehead atoms. The first-order chi connectivity index (χ1) is 3.85. The first kappa shape index (κ1) is 7.35. The molecule has 0 saturated carbocycles. The molecule has 1 unspecified atom stereocenters. The third-order valence-electron chi connectivity index (χ3n) is 0.676. The lowest BCUT2D eigenvalue weighted by Crippen LogP contribution is -2.52. The van der Waals surface area contributed by atoms with Gasteiger partial charge in [-0.1, -0.05) is 0 Å². The number of nitrogens with one attached hydrogen (secondary N) is 3. The van der Waals surface area contributed by atoms with Crippen molar-refractivity contribution in [2.24, 2.45) is 10.9 Å². The molecular formula is C3H11N5. The number of hydrogen-bond acceptors (Lipinski definition) is 5. The standard InChI is InChI=1S/C3H11N5/c1-5-3(7-4)8-6-2/h3,5,7-8H,2,4H2,1H3. The highest BCUT2D eigenvalue weighted by Gasteiger charge is 1.93. The van der Waals surface area contributed by atoms with Crippen molar-refractivity contribution in [3.05, 3.63) is 0 Å². The Hall–Kier alpha value is -0.650. The molecule has 48 valence electrons. The zero-order valence-electron chi connectivity index (χ0n) is 4.81. The van der Waals surface area contributed by atoms with Crippen molar-refractivity contribution in [2.45, 2.75) is 6.29 Å². The van der Waals surface area contributed by atoms with Gasteiger partial charge in [0.25, 0.3) is 0 Å². The van der Waals surface area contributed by atoms with Crippen LogP contribution in [0.1, 0.15) is 0 Å². The van der Waals surface area contributed by atoms with Gasteiger partial charge in [-0.15, -0.1) is 0 Å². The first-order valence-corrected chi connectivity index (χ1v) is 2.19. The summed E-state index contributed by atoms with van der Waals surface area (Å²) < 4.78 is 0. The largest absolute Gasteiger partial charge is 0.286 e. The number of nitrogens with two attached hydrogens (primary N) is 1. The van der Waals surface area contributed by atoms with Crippen molar-refractivity contribution >= 4 is 6.72 Å². The Morgan fingerprint density at radius 3 is 2.50 bits per heavy atom. The molecule has 0 aromatic heterocycles. The number of hydrazine groups is 1. The molecule has 8 heavy (non-hydrogen) atoms. The Bertz CT molecular complexity index is 58.7. The lowest BCUT2D eigenvalue weighted by Gasteiger charge is -2.12. The van der Waals surface area contributed by atoms with Gasteiger partial charge in [-0.2, -0.15) is 5.10 Å². The Balaban J connectivity index is 3.20. The minimum atomic E-state index is -0.201. The molecule has 0 aromatic carbocycles. The van der Waals surface area contributed by atoms with Crippen LogP contribution in [0.5, 0.6) is 0 Å². The fourth-order valence-corrected chi connectivity index (χ4v) is 0.276. The smallest absolute Gasteiger partial charge is 0.159 e. The summed E-state index contributed by atoms with van der Waals surface area (Å²) in [4.78, 5) is 0. The first-order valence-electron chi connectivity index (χ1n) is 2.19. The van der Waals surface area contributed by atoms with E-state index in [1.807, 2.05) is 0 Å². The summed E-state index contributed by atoms with van der Waals surface area (Å²) in [6.07, 6.45) is -0.201. The highest BCUT2D eigenvalue weighted by molar-refractivity contribution is 5.22. The maximum Gasteiger partial charge on any atom is 0.159 e. The quantitative estimate of drug-likeness (QED) is 0.151. The maximum atomic E-state index is 5.01. The van der Waals surface area contributed by atoms with Crippen LogP contribution in [0.2, 0.25) is 0 Å². The van der Waals surface area contributed by atoms with Gasteiger partial charge in [0.05, 0.1) is 0 Å². The second-order valence-electron chi connectivity index (χ2n) is 1.18. The SMILES string of the molecule is C=NNC(NC)NN. The molecule has 0 aliphatic carbocycles. The van der Waals surface area contributed by atoms with Gasteiger partial charge in [-0.05, 0) is 7.05 Å². The molecule has 5 nitrogen and oxygen atoms in total. The van der Waals surface area contributed by atoms with Crippen molar-refractivity contribution in [2.75, 3.05) is 7.05 Å². The fraction of sp³-hybridized carbons (Fsp3) is 0.667. The Morgan fingerprint density at radius 2 is 2.38 bits per heavy atom. The van der Waals surface area contributed by atoms with Crippen LogP contribution in [0.4, 0.5) is 0 Å². The van der Waals surface area contributed by atoms with Crippen LogP contribution in [0.25, 0.3) is 0 Å². The molecule has 0 radical (unpaired) electrons. The lowest BCUT2D eigenvalue weighted by molar-refractivity contribution is 0.395. The maximum absolute atomic E-state index is 5.01. The van der Waals surface area contributed by atoms with Crippen molar-refractivity contribution in [1.82, 2.24) is 16.2 Å². The Labute approximate surface area is 48.3 Å². The van der Waals surface area contributed by atoms with Crippen molar-refractivity contribution in [3.63, 3.8) is 0 Å². The van der Waals surface area contributed by atoms with Gasteiger partial charge in [0.2, 0.25) is 0 Å². The third-order valence-corrected chi connectivity index (χ3v) is 0.676. The van der Waals surface area contributed by atoms with E-state index in [1.165, 1.54) is 0 Å². The van der Waals surface area contributed by atoms with Gasteiger partial charge in [0, 0.05) is 6.72 Å². The van der Waals surface area contributed by atoms with E-state index in [-0.39, 0.29) is 6.29 Å². The topological polar surface area (TPSA) is 74.5 Å². The zero-order chi connectivity index (χ0) is 6.41. The average Bonchev–Trinajstić information content (AvgIpc) is 1.83. The normalized spacial score (nSPS) is 12.8. The van der Waals surface area contributed by atoms with Crippen LogP contribution < -0.4 is 22.0 Å². The van der Waals surface area contributed by atoms with Crippen molar-refractivity contribution in [1.29, 1.82) is 0 Å². The van der Waals surface area contributed by atoms with Gasteiger partial charge in [-0.3, -0.25) is 16.6 Å². The van der Waals surface area contributed by atoms with Crippen LogP contribution in [0, 0.1) is 0 Å². The van der Waals surface area contributed by atoms with Crippen molar-refractivity contribution < 1.29 is 0 Å². The molecule has 1 atom stereocenters. The molecule has 0 amide bonds. The van der Waals surface area contributed by atoms with Crippen LogP contribution in [0.3, 0.4) is 0 Å². The molecule has 0 aliphatic rings.